The van der Waals surface area contributed by atoms with Gasteiger partial charge in [-0.2, -0.15) is 0 Å². The Morgan fingerprint density at radius 3 is 2.12 bits per heavy atom. The molecule has 0 aliphatic heterocycles. The third kappa shape index (κ3) is 3.38. The summed E-state index contributed by atoms with van der Waals surface area (Å²) < 4.78 is 16.6. The summed E-state index contributed by atoms with van der Waals surface area (Å²) in [7, 11) is 0. The maximum absolute atomic E-state index is 12.2. The second-order valence-electron chi connectivity index (χ2n) is 5.42. The summed E-state index contributed by atoms with van der Waals surface area (Å²) in [6, 6.07) is 25.4. The van der Waals surface area contributed by atoms with E-state index >= 15 is 0 Å². The zero-order chi connectivity index (χ0) is 17.1. The molecular formula is C21H14O4. The predicted molar refractivity (Wildman–Crippen MR) is 94.1 cm³/mol. The van der Waals surface area contributed by atoms with Crippen molar-refractivity contribution in [1.29, 1.82) is 0 Å². The highest BCUT2D eigenvalue weighted by Gasteiger charge is 2.14. The van der Waals surface area contributed by atoms with Gasteiger partial charge in [0.05, 0.1) is 0 Å². The van der Waals surface area contributed by atoms with Crippen molar-refractivity contribution in [2.24, 2.45) is 0 Å². The molecule has 0 saturated carbocycles. The molecule has 0 N–H and O–H groups in total. The number of ether oxygens (including phenoxy) is 2. The van der Waals surface area contributed by atoms with Crippen molar-refractivity contribution in [2.45, 2.75) is 0 Å². The summed E-state index contributed by atoms with van der Waals surface area (Å²) in [6.45, 7) is 0. The van der Waals surface area contributed by atoms with Crippen LogP contribution in [0.25, 0.3) is 11.0 Å². The number of esters is 1. The van der Waals surface area contributed by atoms with Gasteiger partial charge < -0.3 is 13.9 Å². The second kappa shape index (κ2) is 6.53. The quantitative estimate of drug-likeness (QED) is 0.369. The number of hydrogen-bond acceptors (Lipinski definition) is 4. The van der Waals surface area contributed by atoms with E-state index in [9.17, 15) is 4.79 Å². The van der Waals surface area contributed by atoms with Crippen LogP contribution in [0.5, 0.6) is 17.2 Å². The van der Waals surface area contributed by atoms with Crippen molar-refractivity contribution in [3.05, 3.63) is 90.7 Å². The highest BCUT2D eigenvalue weighted by Crippen LogP contribution is 2.25. The van der Waals surface area contributed by atoms with Crippen molar-refractivity contribution in [3.8, 4) is 17.2 Å². The molecule has 0 radical (unpaired) electrons. The summed E-state index contributed by atoms with van der Waals surface area (Å²) >= 11 is 0. The summed E-state index contributed by atoms with van der Waals surface area (Å²) in [6.07, 6.45) is 0. The first kappa shape index (κ1) is 15.0. The molecule has 0 bridgehead atoms. The molecule has 3 aromatic carbocycles. The van der Waals surface area contributed by atoms with Crippen molar-refractivity contribution >= 4 is 16.9 Å². The zero-order valence-electron chi connectivity index (χ0n) is 13.2. The Labute approximate surface area is 144 Å². The topological polar surface area (TPSA) is 48.7 Å². The van der Waals surface area contributed by atoms with Crippen LogP contribution < -0.4 is 9.47 Å². The maximum atomic E-state index is 12.2. The van der Waals surface area contributed by atoms with E-state index in [1.807, 2.05) is 54.6 Å². The average molecular weight is 330 g/mol. The van der Waals surface area contributed by atoms with Gasteiger partial charge in [-0.25, -0.2) is 4.79 Å². The van der Waals surface area contributed by atoms with Crippen LogP contribution >= 0.6 is 0 Å². The first-order valence-electron chi connectivity index (χ1n) is 7.82. The van der Waals surface area contributed by atoms with Crippen LogP contribution in [0.2, 0.25) is 0 Å². The van der Waals surface area contributed by atoms with E-state index in [4.69, 9.17) is 13.9 Å². The van der Waals surface area contributed by atoms with Gasteiger partial charge in [0.2, 0.25) is 5.76 Å². The lowest BCUT2D eigenvalue weighted by molar-refractivity contribution is 0.0704. The minimum atomic E-state index is -0.534. The molecule has 1 heterocycles. The molecule has 0 saturated heterocycles. The Kier molecular flexibility index (Phi) is 3.92. The number of hydrogen-bond donors (Lipinski definition) is 0. The zero-order valence-corrected chi connectivity index (χ0v) is 13.2. The van der Waals surface area contributed by atoms with Crippen LogP contribution in [0.15, 0.2) is 89.3 Å². The monoisotopic (exact) mass is 330 g/mol. The van der Waals surface area contributed by atoms with Gasteiger partial charge >= 0.3 is 5.97 Å². The minimum Gasteiger partial charge on any atom is -0.457 e. The molecule has 0 spiro atoms. The molecule has 0 atom stereocenters. The number of carbonyl (C=O) groups is 1. The lowest BCUT2D eigenvalue weighted by Gasteiger charge is -2.06. The second-order valence-corrected chi connectivity index (χ2v) is 5.42. The molecule has 0 aliphatic rings. The van der Waals surface area contributed by atoms with E-state index < -0.39 is 5.97 Å². The lowest BCUT2D eigenvalue weighted by Crippen LogP contribution is -2.06. The maximum Gasteiger partial charge on any atom is 0.379 e. The molecule has 4 rings (SSSR count). The molecule has 0 unspecified atom stereocenters. The highest BCUT2D eigenvalue weighted by molar-refractivity contribution is 5.93. The standard InChI is InChI=1S/C21H14O4/c22-21(20-14-15-6-4-5-9-19(15)25-20)24-18-12-10-17(11-13-18)23-16-7-2-1-3-8-16/h1-14H. The van der Waals surface area contributed by atoms with Gasteiger partial charge in [-0.3, -0.25) is 0 Å². The van der Waals surface area contributed by atoms with E-state index in [0.717, 1.165) is 11.1 Å². The fraction of sp³-hybridized carbons (Fsp3) is 0. The summed E-state index contributed by atoms with van der Waals surface area (Å²) in [5.74, 6) is 1.47. The fourth-order valence-electron chi connectivity index (χ4n) is 2.44. The SMILES string of the molecule is O=C(Oc1ccc(Oc2ccccc2)cc1)c1cc2ccccc2o1. The van der Waals surface area contributed by atoms with Crippen LogP contribution in [0.1, 0.15) is 10.6 Å². The van der Waals surface area contributed by atoms with Crippen molar-refractivity contribution in [2.75, 3.05) is 0 Å². The van der Waals surface area contributed by atoms with Gasteiger partial charge in [0, 0.05) is 5.39 Å². The van der Waals surface area contributed by atoms with Crippen LogP contribution in [-0.4, -0.2) is 5.97 Å². The van der Waals surface area contributed by atoms with E-state index in [1.165, 1.54) is 0 Å². The van der Waals surface area contributed by atoms with E-state index in [2.05, 4.69) is 0 Å². The Balaban J connectivity index is 1.46. The van der Waals surface area contributed by atoms with E-state index in [-0.39, 0.29) is 5.76 Å². The van der Waals surface area contributed by atoms with Gasteiger partial charge in [-0.1, -0.05) is 36.4 Å². The van der Waals surface area contributed by atoms with Crippen LogP contribution in [0, 0.1) is 0 Å². The van der Waals surface area contributed by atoms with Crippen LogP contribution in [-0.2, 0) is 0 Å². The normalized spacial score (nSPS) is 10.6. The molecule has 4 aromatic rings. The largest absolute Gasteiger partial charge is 0.457 e. The van der Waals surface area contributed by atoms with Crippen molar-refractivity contribution in [1.82, 2.24) is 0 Å². The van der Waals surface area contributed by atoms with Gasteiger partial charge in [0.1, 0.15) is 22.8 Å². The third-order valence-corrected chi connectivity index (χ3v) is 3.64. The minimum absolute atomic E-state index is 0.172. The first-order valence-corrected chi connectivity index (χ1v) is 7.82. The predicted octanol–water partition coefficient (Wildman–Crippen LogP) is 5.44. The van der Waals surface area contributed by atoms with Crippen molar-refractivity contribution < 1.29 is 18.7 Å². The number of para-hydroxylation sites is 2. The van der Waals surface area contributed by atoms with Crippen LogP contribution in [0.4, 0.5) is 0 Å². The number of benzene rings is 3. The number of furan rings is 1. The molecule has 0 aliphatic carbocycles. The van der Waals surface area contributed by atoms with E-state index in [0.29, 0.717) is 17.1 Å². The fourth-order valence-corrected chi connectivity index (χ4v) is 2.44. The van der Waals surface area contributed by atoms with Gasteiger partial charge in [0.25, 0.3) is 0 Å². The number of carbonyl (C=O) groups excluding carboxylic acids is 1. The summed E-state index contributed by atoms with van der Waals surface area (Å²) in [5, 5.41) is 0.862. The molecule has 0 amide bonds. The molecule has 1 aromatic heterocycles. The molecule has 122 valence electrons. The lowest BCUT2D eigenvalue weighted by atomic mass is 10.2. The van der Waals surface area contributed by atoms with Crippen molar-refractivity contribution in [3.63, 3.8) is 0 Å². The van der Waals surface area contributed by atoms with E-state index in [1.54, 1.807) is 30.3 Å². The molecule has 4 nitrogen and oxygen atoms in total. The Morgan fingerprint density at radius 1 is 0.720 bits per heavy atom. The third-order valence-electron chi connectivity index (χ3n) is 3.64. The molecule has 0 fully saturated rings. The Hall–Kier alpha value is -3.53. The Bertz CT molecular complexity index is 968. The summed E-state index contributed by atoms with van der Waals surface area (Å²) in [4.78, 5) is 12.2. The Morgan fingerprint density at radius 2 is 1.36 bits per heavy atom. The van der Waals surface area contributed by atoms with Gasteiger partial charge in [-0.05, 0) is 48.5 Å². The van der Waals surface area contributed by atoms with Gasteiger partial charge in [-0.15, -0.1) is 0 Å². The number of rotatable bonds is 4. The van der Waals surface area contributed by atoms with Gasteiger partial charge in [0.15, 0.2) is 0 Å². The van der Waals surface area contributed by atoms with Crippen LogP contribution in [0.3, 0.4) is 0 Å². The number of fused-ring (bicyclic) bond motifs is 1. The molecular weight excluding hydrogens is 316 g/mol. The molecule has 4 heteroatoms. The molecule has 25 heavy (non-hydrogen) atoms. The first-order chi connectivity index (χ1) is 12.3. The summed E-state index contributed by atoms with van der Waals surface area (Å²) in [5.41, 5.74) is 0.654. The smallest absolute Gasteiger partial charge is 0.379 e. The average Bonchev–Trinajstić information content (AvgIpc) is 3.09. The highest BCUT2D eigenvalue weighted by atomic mass is 16.5.